The molecule has 0 radical (unpaired) electrons. The molecule has 0 saturated heterocycles. The second kappa shape index (κ2) is 8.32. The summed E-state index contributed by atoms with van der Waals surface area (Å²) in [5.41, 5.74) is 1.31. The van der Waals surface area contributed by atoms with Crippen molar-refractivity contribution in [2.24, 2.45) is 5.92 Å². The van der Waals surface area contributed by atoms with Gasteiger partial charge in [-0.15, -0.1) is 12.4 Å². The number of hydrogen-bond donors (Lipinski definition) is 1. The summed E-state index contributed by atoms with van der Waals surface area (Å²) in [7, 11) is 1.90. The number of halogens is 1. The van der Waals surface area contributed by atoms with Crippen molar-refractivity contribution in [1.82, 2.24) is 10.2 Å². The molecule has 0 aromatic heterocycles. The third-order valence-corrected chi connectivity index (χ3v) is 4.43. The maximum atomic E-state index is 12.1. The third-order valence-electron chi connectivity index (χ3n) is 4.43. The average molecular weight is 333 g/mol. The molecule has 0 heterocycles. The molecule has 1 aliphatic carbocycles. The molecule has 2 aromatic carbocycles. The van der Waals surface area contributed by atoms with Gasteiger partial charge in [0.15, 0.2) is 0 Å². The SMILES string of the molecule is CN(CCc1cccc2ccccc12)C(=O)CNCC1CC1.Cl. The number of nitrogens with one attached hydrogen (secondary N) is 1. The van der Waals surface area contributed by atoms with Gasteiger partial charge >= 0.3 is 0 Å². The molecule has 1 amide bonds. The van der Waals surface area contributed by atoms with Crippen LogP contribution in [0.5, 0.6) is 0 Å². The normalized spacial score (nSPS) is 13.6. The fourth-order valence-corrected chi connectivity index (χ4v) is 2.76. The van der Waals surface area contributed by atoms with E-state index in [4.69, 9.17) is 0 Å². The van der Waals surface area contributed by atoms with Gasteiger partial charge in [0.2, 0.25) is 5.91 Å². The number of carbonyl (C=O) groups is 1. The molecule has 4 heteroatoms. The van der Waals surface area contributed by atoms with Crippen LogP contribution in [-0.2, 0) is 11.2 Å². The van der Waals surface area contributed by atoms with E-state index in [9.17, 15) is 4.79 Å². The van der Waals surface area contributed by atoms with E-state index in [1.165, 1.54) is 29.2 Å². The molecule has 1 aliphatic rings. The molecule has 3 nitrogen and oxygen atoms in total. The first-order chi connectivity index (χ1) is 10.7. The van der Waals surface area contributed by atoms with E-state index >= 15 is 0 Å². The van der Waals surface area contributed by atoms with E-state index in [0.717, 1.165) is 25.4 Å². The Kier molecular flexibility index (Phi) is 6.43. The van der Waals surface area contributed by atoms with Crippen LogP contribution in [0, 0.1) is 5.92 Å². The minimum absolute atomic E-state index is 0. The Morgan fingerprint density at radius 2 is 1.91 bits per heavy atom. The Balaban J connectivity index is 0.00000192. The molecule has 3 rings (SSSR count). The van der Waals surface area contributed by atoms with E-state index < -0.39 is 0 Å². The van der Waals surface area contributed by atoms with E-state index in [2.05, 4.69) is 47.8 Å². The van der Waals surface area contributed by atoms with Crippen molar-refractivity contribution >= 4 is 29.1 Å². The number of carbonyl (C=O) groups excluding carboxylic acids is 1. The molecule has 1 saturated carbocycles. The van der Waals surface area contributed by atoms with Gasteiger partial charge in [-0.1, -0.05) is 42.5 Å². The van der Waals surface area contributed by atoms with Crippen LogP contribution in [0.3, 0.4) is 0 Å². The van der Waals surface area contributed by atoms with Crippen molar-refractivity contribution in [2.45, 2.75) is 19.3 Å². The fraction of sp³-hybridized carbons (Fsp3) is 0.421. The maximum Gasteiger partial charge on any atom is 0.236 e. The molecule has 0 atom stereocenters. The third kappa shape index (κ3) is 4.95. The summed E-state index contributed by atoms with van der Waals surface area (Å²) in [4.78, 5) is 13.9. The molecule has 23 heavy (non-hydrogen) atoms. The Labute approximate surface area is 144 Å². The van der Waals surface area contributed by atoms with Crippen molar-refractivity contribution in [3.63, 3.8) is 0 Å². The lowest BCUT2D eigenvalue weighted by atomic mass is 10.0. The van der Waals surface area contributed by atoms with Gasteiger partial charge in [0.25, 0.3) is 0 Å². The van der Waals surface area contributed by atoms with Crippen LogP contribution in [0.4, 0.5) is 0 Å². The molecule has 0 bridgehead atoms. The van der Waals surface area contributed by atoms with E-state index in [1.807, 2.05) is 11.9 Å². The topological polar surface area (TPSA) is 32.3 Å². The molecular formula is C19H25ClN2O. The Morgan fingerprint density at radius 1 is 1.17 bits per heavy atom. The number of rotatable bonds is 7. The van der Waals surface area contributed by atoms with Gasteiger partial charge in [0.05, 0.1) is 6.54 Å². The van der Waals surface area contributed by atoms with Crippen molar-refractivity contribution in [3.05, 3.63) is 48.0 Å². The standard InChI is InChI=1S/C19H24N2O.ClH/c1-21(19(22)14-20-13-15-9-10-15)12-11-17-7-4-6-16-5-2-3-8-18(16)17;/h2-8,15,20H,9-14H2,1H3;1H. The summed E-state index contributed by atoms with van der Waals surface area (Å²) in [5.74, 6) is 0.995. The van der Waals surface area contributed by atoms with E-state index in [0.29, 0.717) is 6.54 Å². The predicted molar refractivity (Wildman–Crippen MR) is 98.1 cm³/mol. The lowest BCUT2D eigenvalue weighted by Crippen LogP contribution is -2.37. The summed E-state index contributed by atoms with van der Waals surface area (Å²) in [6.45, 7) is 2.21. The molecule has 0 spiro atoms. The molecule has 1 fully saturated rings. The number of fused-ring (bicyclic) bond motifs is 1. The van der Waals surface area contributed by atoms with E-state index in [-0.39, 0.29) is 18.3 Å². The highest BCUT2D eigenvalue weighted by Crippen LogP contribution is 2.27. The van der Waals surface area contributed by atoms with Crippen molar-refractivity contribution < 1.29 is 4.79 Å². The zero-order chi connectivity index (χ0) is 15.4. The van der Waals surface area contributed by atoms with Crippen LogP contribution in [-0.4, -0.2) is 37.5 Å². The number of likely N-dealkylation sites (N-methyl/N-ethyl adjacent to an activating group) is 1. The summed E-state index contributed by atoms with van der Waals surface area (Å²) in [6.07, 6.45) is 3.53. The number of benzene rings is 2. The Bertz CT molecular complexity index is 649. The Morgan fingerprint density at radius 3 is 2.70 bits per heavy atom. The minimum atomic E-state index is 0. The molecule has 124 valence electrons. The van der Waals surface area contributed by atoms with Gasteiger partial charge in [0, 0.05) is 13.6 Å². The quantitative estimate of drug-likeness (QED) is 0.844. The van der Waals surface area contributed by atoms with Crippen LogP contribution >= 0.6 is 12.4 Å². The van der Waals surface area contributed by atoms with Crippen molar-refractivity contribution in [3.8, 4) is 0 Å². The Hall–Kier alpha value is -1.58. The van der Waals surface area contributed by atoms with Gasteiger partial charge in [0.1, 0.15) is 0 Å². The molecule has 1 N–H and O–H groups in total. The smallest absolute Gasteiger partial charge is 0.236 e. The predicted octanol–water partition coefficient (Wildman–Crippen LogP) is 3.26. The largest absolute Gasteiger partial charge is 0.344 e. The first kappa shape index (κ1) is 17.8. The van der Waals surface area contributed by atoms with Crippen LogP contribution in [0.15, 0.2) is 42.5 Å². The van der Waals surface area contributed by atoms with E-state index in [1.54, 1.807) is 0 Å². The first-order valence-corrected chi connectivity index (χ1v) is 8.15. The molecule has 0 unspecified atom stereocenters. The number of hydrogen-bond acceptors (Lipinski definition) is 2. The van der Waals surface area contributed by atoms with Crippen LogP contribution in [0.25, 0.3) is 10.8 Å². The highest BCUT2D eigenvalue weighted by atomic mass is 35.5. The maximum absolute atomic E-state index is 12.1. The van der Waals surface area contributed by atoms with Crippen LogP contribution in [0.2, 0.25) is 0 Å². The van der Waals surface area contributed by atoms with Gasteiger partial charge in [-0.25, -0.2) is 0 Å². The van der Waals surface area contributed by atoms with Crippen molar-refractivity contribution in [2.75, 3.05) is 26.7 Å². The fourth-order valence-electron chi connectivity index (χ4n) is 2.76. The van der Waals surface area contributed by atoms with Gasteiger partial charge in [-0.05, 0) is 48.1 Å². The average Bonchev–Trinajstić information content (AvgIpc) is 3.36. The summed E-state index contributed by atoms with van der Waals surface area (Å²) in [6, 6.07) is 14.8. The molecule has 0 aliphatic heterocycles. The number of nitrogens with zero attached hydrogens (tertiary/aromatic N) is 1. The number of amides is 1. The minimum Gasteiger partial charge on any atom is -0.344 e. The lowest BCUT2D eigenvalue weighted by Gasteiger charge is -2.18. The summed E-state index contributed by atoms with van der Waals surface area (Å²) in [5, 5.41) is 5.82. The first-order valence-electron chi connectivity index (χ1n) is 8.15. The van der Waals surface area contributed by atoms with Crippen molar-refractivity contribution in [1.29, 1.82) is 0 Å². The highest BCUT2D eigenvalue weighted by molar-refractivity contribution is 5.86. The zero-order valence-corrected chi connectivity index (χ0v) is 14.4. The summed E-state index contributed by atoms with van der Waals surface area (Å²) < 4.78 is 0. The van der Waals surface area contributed by atoms with Gasteiger partial charge in [-0.3, -0.25) is 4.79 Å². The van der Waals surface area contributed by atoms with Crippen LogP contribution < -0.4 is 5.32 Å². The van der Waals surface area contributed by atoms with Crippen LogP contribution in [0.1, 0.15) is 18.4 Å². The molecular weight excluding hydrogens is 308 g/mol. The lowest BCUT2D eigenvalue weighted by molar-refractivity contribution is -0.128. The second-order valence-corrected chi connectivity index (χ2v) is 6.28. The van der Waals surface area contributed by atoms with Gasteiger partial charge in [-0.2, -0.15) is 0 Å². The highest BCUT2D eigenvalue weighted by Gasteiger charge is 2.21. The van der Waals surface area contributed by atoms with Gasteiger partial charge < -0.3 is 10.2 Å². The summed E-state index contributed by atoms with van der Waals surface area (Å²) >= 11 is 0. The second-order valence-electron chi connectivity index (χ2n) is 6.28. The zero-order valence-electron chi connectivity index (χ0n) is 13.6. The monoisotopic (exact) mass is 332 g/mol. The molecule has 2 aromatic rings.